The molecule has 0 aromatic rings. The highest BCUT2D eigenvalue weighted by Gasteiger charge is 2.36. The van der Waals surface area contributed by atoms with E-state index in [0.717, 1.165) is 12.8 Å². The lowest BCUT2D eigenvalue weighted by molar-refractivity contribution is -0.141. The van der Waals surface area contributed by atoms with Crippen molar-refractivity contribution in [3.63, 3.8) is 0 Å². The Morgan fingerprint density at radius 3 is 2.33 bits per heavy atom. The highest BCUT2D eigenvalue weighted by molar-refractivity contribution is 6.16. The summed E-state index contributed by atoms with van der Waals surface area (Å²) in [6, 6.07) is -0.0119. The molecule has 15 heavy (non-hydrogen) atoms. The van der Waals surface area contributed by atoms with Gasteiger partial charge in [-0.1, -0.05) is 0 Å². The number of amides is 2. The molecule has 4 heteroatoms. The van der Waals surface area contributed by atoms with E-state index in [1.807, 2.05) is 0 Å². The van der Waals surface area contributed by atoms with E-state index in [1.165, 1.54) is 11.0 Å². The summed E-state index contributed by atoms with van der Waals surface area (Å²) in [7, 11) is 0. The first-order chi connectivity index (χ1) is 7.09. The highest BCUT2D eigenvalue weighted by Crippen LogP contribution is 2.26. The van der Waals surface area contributed by atoms with Gasteiger partial charge in [-0.3, -0.25) is 14.5 Å². The molecule has 2 aliphatic rings. The molecule has 0 saturated heterocycles. The van der Waals surface area contributed by atoms with Gasteiger partial charge in [-0.2, -0.15) is 0 Å². The summed E-state index contributed by atoms with van der Waals surface area (Å²) in [6.07, 6.45) is 3.94. The molecule has 1 saturated carbocycles. The van der Waals surface area contributed by atoms with Crippen LogP contribution in [0, 0.1) is 0 Å². The predicted molar refractivity (Wildman–Crippen MR) is 53.9 cm³/mol. The Labute approximate surface area is 88.6 Å². The van der Waals surface area contributed by atoms with Crippen molar-refractivity contribution in [3.8, 4) is 0 Å². The number of imide groups is 1. The van der Waals surface area contributed by atoms with Crippen LogP contribution in [0.3, 0.4) is 0 Å². The van der Waals surface area contributed by atoms with Crippen LogP contribution in [0.5, 0.6) is 0 Å². The van der Waals surface area contributed by atoms with Crippen LogP contribution >= 0.6 is 0 Å². The Morgan fingerprint density at radius 2 is 1.87 bits per heavy atom. The largest absolute Gasteiger partial charge is 0.393 e. The molecule has 1 aliphatic heterocycles. The minimum Gasteiger partial charge on any atom is -0.393 e. The van der Waals surface area contributed by atoms with Crippen LogP contribution in [0.1, 0.15) is 32.6 Å². The summed E-state index contributed by atoms with van der Waals surface area (Å²) >= 11 is 0. The Bertz CT molecular complexity index is 327. The van der Waals surface area contributed by atoms with Crippen LogP contribution in [-0.2, 0) is 9.59 Å². The van der Waals surface area contributed by atoms with E-state index in [2.05, 4.69) is 0 Å². The predicted octanol–water partition coefficient (Wildman–Crippen LogP) is 0.605. The second kappa shape index (κ2) is 3.77. The summed E-state index contributed by atoms with van der Waals surface area (Å²) < 4.78 is 0. The summed E-state index contributed by atoms with van der Waals surface area (Å²) in [5, 5.41) is 9.35. The van der Waals surface area contributed by atoms with E-state index < -0.39 is 0 Å². The third-order valence-corrected chi connectivity index (χ3v) is 3.16. The molecular weight excluding hydrogens is 194 g/mol. The summed E-state index contributed by atoms with van der Waals surface area (Å²) in [5.41, 5.74) is 0.520. The molecule has 0 atom stereocenters. The molecule has 82 valence electrons. The van der Waals surface area contributed by atoms with Gasteiger partial charge in [0.25, 0.3) is 11.8 Å². The SMILES string of the molecule is CC1=CC(=O)N(C2CCC(O)CC2)C1=O. The molecule has 0 bridgehead atoms. The van der Waals surface area contributed by atoms with Crippen molar-refractivity contribution < 1.29 is 14.7 Å². The van der Waals surface area contributed by atoms with Crippen LogP contribution in [0.4, 0.5) is 0 Å². The molecule has 0 spiro atoms. The van der Waals surface area contributed by atoms with Crippen molar-refractivity contribution in [3.05, 3.63) is 11.6 Å². The van der Waals surface area contributed by atoms with Gasteiger partial charge in [0.15, 0.2) is 0 Å². The van der Waals surface area contributed by atoms with Gasteiger partial charge in [0.2, 0.25) is 0 Å². The van der Waals surface area contributed by atoms with Crippen molar-refractivity contribution in [2.24, 2.45) is 0 Å². The lowest BCUT2D eigenvalue weighted by atomic mass is 9.92. The summed E-state index contributed by atoms with van der Waals surface area (Å²) in [4.78, 5) is 24.6. The molecule has 4 nitrogen and oxygen atoms in total. The molecule has 1 fully saturated rings. The lowest BCUT2D eigenvalue weighted by Gasteiger charge is -2.31. The average Bonchev–Trinajstić information content (AvgIpc) is 2.44. The fraction of sp³-hybridized carbons (Fsp3) is 0.636. The average molecular weight is 209 g/mol. The van der Waals surface area contributed by atoms with Crippen LogP contribution in [0.15, 0.2) is 11.6 Å². The maximum Gasteiger partial charge on any atom is 0.256 e. The van der Waals surface area contributed by atoms with Crippen LogP contribution < -0.4 is 0 Å². The van der Waals surface area contributed by atoms with Gasteiger partial charge in [-0.15, -0.1) is 0 Å². The minimum atomic E-state index is -0.261. The third-order valence-electron chi connectivity index (χ3n) is 3.16. The van der Waals surface area contributed by atoms with Crippen molar-refractivity contribution in [2.45, 2.75) is 44.8 Å². The number of aliphatic hydroxyl groups excluding tert-OH is 1. The van der Waals surface area contributed by atoms with Crippen molar-refractivity contribution in [1.82, 2.24) is 4.90 Å². The second-order valence-corrected chi connectivity index (χ2v) is 4.30. The monoisotopic (exact) mass is 209 g/mol. The topological polar surface area (TPSA) is 57.6 Å². The minimum absolute atomic E-state index is 0.0119. The molecule has 2 rings (SSSR count). The van der Waals surface area contributed by atoms with E-state index in [0.29, 0.717) is 18.4 Å². The molecule has 0 aromatic carbocycles. The normalized spacial score (nSPS) is 32.1. The van der Waals surface area contributed by atoms with Crippen molar-refractivity contribution >= 4 is 11.8 Å². The molecule has 0 unspecified atom stereocenters. The Balaban J connectivity index is 2.06. The number of carbonyl (C=O) groups excluding carboxylic acids is 2. The molecule has 2 amide bonds. The number of hydrogen-bond acceptors (Lipinski definition) is 3. The zero-order valence-electron chi connectivity index (χ0n) is 8.77. The van der Waals surface area contributed by atoms with Gasteiger partial charge in [0.1, 0.15) is 0 Å². The van der Waals surface area contributed by atoms with E-state index in [4.69, 9.17) is 0 Å². The second-order valence-electron chi connectivity index (χ2n) is 4.30. The first-order valence-electron chi connectivity index (χ1n) is 5.33. The van der Waals surface area contributed by atoms with Crippen molar-refractivity contribution in [2.75, 3.05) is 0 Å². The van der Waals surface area contributed by atoms with Gasteiger partial charge in [0, 0.05) is 17.7 Å². The third kappa shape index (κ3) is 1.81. The highest BCUT2D eigenvalue weighted by atomic mass is 16.3. The van der Waals surface area contributed by atoms with E-state index in [9.17, 15) is 14.7 Å². The molecule has 0 aromatic heterocycles. The Morgan fingerprint density at radius 1 is 1.27 bits per heavy atom. The van der Waals surface area contributed by atoms with Crippen LogP contribution in [0.25, 0.3) is 0 Å². The van der Waals surface area contributed by atoms with Crippen LogP contribution in [-0.4, -0.2) is 34.0 Å². The number of carbonyl (C=O) groups is 2. The maximum atomic E-state index is 11.7. The maximum absolute atomic E-state index is 11.7. The van der Waals surface area contributed by atoms with Gasteiger partial charge in [-0.05, 0) is 32.6 Å². The molecular formula is C11H15NO3. The van der Waals surface area contributed by atoms with E-state index in [1.54, 1.807) is 6.92 Å². The summed E-state index contributed by atoms with van der Waals surface area (Å²) in [6.45, 7) is 1.66. The molecule has 1 N–H and O–H groups in total. The Hall–Kier alpha value is -1.16. The Kier molecular flexibility index (Phi) is 2.61. The molecule has 1 heterocycles. The number of hydrogen-bond donors (Lipinski definition) is 1. The number of aliphatic hydroxyl groups is 1. The quantitative estimate of drug-likeness (QED) is 0.643. The zero-order valence-corrected chi connectivity index (χ0v) is 8.77. The van der Waals surface area contributed by atoms with Gasteiger partial charge < -0.3 is 5.11 Å². The van der Waals surface area contributed by atoms with E-state index in [-0.39, 0.29) is 24.0 Å². The van der Waals surface area contributed by atoms with Crippen molar-refractivity contribution in [1.29, 1.82) is 0 Å². The molecule has 1 aliphatic carbocycles. The summed E-state index contributed by atoms with van der Waals surface area (Å²) in [5.74, 6) is -0.361. The fourth-order valence-electron chi connectivity index (χ4n) is 2.27. The van der Waals surface area contributed by atoms with Gasteiger partial charge >= 0.3 is 0 Å². The smallest absolute Gasteiger partial charge is 0.256 e. The van der Waals surface area contributed by atoms with E-state index >= 15 is 0 Å². The fourth-order valence-corrected chi connectivity index (χ4v) is 2.27. The number of nitrogens with zero attached hydrogens (tertiary/aromatic N) is 1. The van der Waals surface area contributed by atoms with Gasteiger partial charge in [0.05, 0.1) is 6.10 Å². The zero-order chi connectivity index (χ0) is 11.0. The first kappa shape index (κ1) is 10.4. The van der Waals surface area contributed by atoms with Crippen LogP contribution in [0.2, 0.25) is 0 Å². The first-order valence-corrected chi connectivity index (χ1v) is 5.33. The lowest BCUT2D eigenvalue weighted by Crippen LogP contribution is -2.43. The standard InChI is InChI=1S/C11H15NO3/c1-7-6-10(14)12(11(7)15)8-2-4-9(13)5-3-8/h6,8-9,13H,2-5H2,1H3. The molecule has 0 radical (unpaired) electrons. The van der Waals surface area contributed by atoms with Gasteiger partial charge in [-0.25, -0.2) is 0 Å². The number of rotatable bonds is 1.